The zero-order chi connectivity index (χ0) is 9.80. The van der Waals surface area contributed by atoms with Crippen LogP contribution in [-0.4, -0.2) is 12.9 Å². The molecule has 1 aromatic carbocycles. The van der Waals surface area contributed by atoms with Gasteiger partial charge in [0.25, 0.3) is 0 Å². The van der Waals surface area contributed by atoms with E-state index in [0.717, 1.165) is 37.9 Å². The summed E-state index contributed by atoms with van der Waals surface area (Å²) >= 11 is 0. The maximum Gasteiger partial charge on any atom is 0.122 e. The van der Waals surface area contributed by atoms with Gasteiger partial charge in [-0.3, -0.25) is 0 Å². The van der Waals surface area contributed by atoms with Crippen molar-refractivity contribution in [1.29, 1.82) is 0 Å². The molecule has 2 nitrogen and oxygen atoms in total. The van der Waals surface area contributed by atoms with Crippen molar-refractivity contribution in [1.82, 2.24) is 0 Å². The number of hydrogen-bond donors (Lipinski definition) is 0. The molecular formula is C12H14O2. The lowest BCUT2D eigenvalue weighted by atomic mass is 10.0. The van der Waals surface area contributed by atoms with Gasteiger partial charge in [-0.05, 0) is 36.5 Å². The van der Waals surface area contributed by atoms with Crippen LogP contribution in [0, 0.1) is 0 Å². The summed E-state index contributed by atoms with van der Waals surface area (Å²) in [5.41, 5.74) is 2.49. The fraction of sp³-hybridized carbons (Fsp3) is 0.417. The molecule has 0 N–H and O–H groups in total. The molecule has 2 rings (SSSR count). The third-order valence-corrected chi connectivity index (χ3v) is 2.53. The molecule has 1 aliphatic rings. The number of fused-ring (bicyclic) bond motifs is 1. The van der Waals surface area contributed by atoms with Crippen molar-refractivity contribution in [3.63, 3.8) is 0 Å². The molecule has 0 saturated carbocycles. The first kappa shape index (κ1) is 9.25. The van der Waals surface area contributed by atoms with Gasteiger partial charge in [0, 0.05) is 6.42 Å². The minimum atomic E-state index is 0.596. The highest BCUT2D eigenvalue weighted by molar-refractivity contribution is 5.50. The molecule has 0 amide bonds. The first-order valence-corrected chi connectivity index (χ1v) is 5.08. The molecule has 1 heterocycles. The fourth-order valence-corrected chi connectivity index (χ4v) is 1.77. The van der Waals surface area contributed by atoms with Gasteiger partial charge in [0.2, 0.25) is 0 Å². The normalized spacial score (nSPS) is 14.3. The molecule has 0 fully saturated rings. The summed E-state index contributed by atoms with van der Waals surface area (Å²) in [6, 6.07) is 6.28. The van der Waals surface area contributed by atoms with Crippen LogP contribution in [0.15, 0.2) is 18.2 Å². The molecule has 0 saturated heterocycles. The number of ether oxygens (including phenoxy) is 1. The predicted octanol–water partition coefficient (Wildman–Crippen LogP) is 2.14. The van der Waals surface area contributed by atoms with Crippen molar-refractivity contribution in [2.24, 2.45) is 0 Å². The molecule has 1 aliphatic heterocycles. The van der Waals surface area contributed by atoms with E-state index in [-0.39, 0.29) is 0 Å². The molecule has 0 aliphatic carbocycles. The maximum absolute atomic E-state index is 10.2. The summed E-state index contributed by atoms with van der Waals surface area (Å²) in [7, 11) is 0. The van der Waals surface area contributed by atoms with Crippen molar-refractivity contribution >= 4 is 6.29 Å². The van der Waals surface area contributed by atoms with Crippen LogP contribution in [0.2, 0.25) is 0 Å². The van der Waals surface area contributed by atoms with Gasteiger partial charge in [0.1, 0.15) is 12.0 Å². The van der Waals surface area contributed by atoms with Gasteiger partial charge in [-0.2, -0.15) is 0 Å². The van der Waals surface area contributed by atoms with E-state index in [2.05, 4.69) is 18.2 Å². The number of rotatable bonds is 3. The van der Waals surface area contributed by atoms with Crippen molar-refractivity contribution in [2.75, 3.05) is 6.61 Å². The zero-order valence-electron chi connectivity index (χ0n) is 8.16. The van der Waals surface area contributed by atoms with Crippen LogP contribution in [0.3, 0.4) is 0 Å². The van der Waals surface area contributed by atoms with E-state index in [4.69, 9.17) is 4.74 Å². The Morgan fingerprint density at radius 2 is 2.36 bits per heavy atom. The molecule has 0 atom stereocenters. The number of carbonyl (C=O) groups excluding carboxylic acids is 1. The third-order valence-electron chi connectivity index (χ3n) is 2.53. The van der Waals surface area contributed by atoms with Gasteiger partial charge < -0.3 is 9.53 Å². The van der Waals surface area contributed by atoms with Crippen LogP contribution >= 0.6 is 0 Å². The lowest BCUT2D eigenvalue weighted by molar-refractivity contribution is -0.107. The molecule has 74 valence electrons. The van der Waals surface area contributed by atoms with E-state index in [1.807, 2.05) is 0 Å². The number of aldehydes is 1. The Hall–Kier alpha value is -1.31. The Morgan fingerprint density at radius 1 is 1.43 bits per heavy atom. The van der Waals surface area contributed by atoms with Crippen molar-refractivity contribution < 1.29 is 9.53 Å². The smallest absolute Gasteiger partial charge is 0.122 e. The number of hydrogen-bond acceptors (Lipinski definition) is 2. The third kappa shape index (κ3) is 1.95. The quantitative estimate of drug-likeness (QED) is 0.682. The lowest BCUT2D eigenvalue weighted by Crippen LogP contribution is -2.08. The first-order chi connectivity index (χ1) is 6.90. The van der Waals surface area contributed by atoms with Crippen molar-refractivity contribution in [2.45, 2.75) is 25.7 Å². The van der Waals surface area contributed by atoms with E-state index in [1.54, 1.807) is 0 Å². The summed E-state index contributed by atoms with van der Waals surface area (Å²) < 4.78 is 5.56. The SMILES string of the molecule is O=CCCc1ccc2c(c1)OCCC2. The van der Waals surface area contributed by atoms with Gasteiger partial charge in [0.15, 0.2) is 0 Å². The van der Waals surface area contributed by atoms with Gasteiger partial charge in [-0.15, -0.1) is 0 Å². The monoisotopic (exact) mass is 190 g/mol. The Labute approximate surface area is 83.9 Å². The lowest BCUT2D eigenvalue weighted by Gasteiger charge is -2.17. The van der Waals surface area contributed by atoms with Crippen molar-refractivity contribution in [3.05, 3.63) is 29.3 Å². The van der Waals surface area contributed by atoms with Crippen molar-refractivity contribution in [3.8, 4) is 5.75 Å². The molecule has 0 bridgehead atoms. The molecular weight excluding hydrogens is 176 g/mol. The summed E-state index contributed by atoms with van der Waals surface area (Å²) in [6.45, 7) is 0.824. The molecule has 2 heteroatoms. The predicted molar refractivity (Wildman–Crippen MR) is 54.6 cm³/mol. The first-order valence-electron chi connectivity index (χ1n) is 5.08. The standard InChI is InChI=1S/C12H14O2/c13-7-1-3-10-5-6-11-4-2-8-14-12(11)9-10/h5-7,9H,1-4,8H2. The molecule has 1 aromatic rings. The Morgan fingerprint density at radius 3 is 3.21 bits per heavy atom. The van der Waals surface area contributed by atoms with Crippen LogP contribution in [0.1, 0.15) is 24.0 Å². The second-order valence-electron chi connectivity index (χ2n) is 3.60. The van der Waals surface area contributed by atoms with E-state index in [1.165, 1.54) is 11.1 Å². The number of benzene rings is 1. The van der Waals surface area contributed by atoms with Gasteiger partial charge >= 0.3 is 0 Å². The second-order valence-corrected chi connectivity index (χ2v) is 3.60. The van der Waals surface area contributed by atoms with E-state index in [9.17, 15) is 4.79 Å². The topological polar surface area (TPSA) is 26.3 Å². The Bertz CT molecular complexity index is 331. The zero-order valence-corrected chi connectivity index (χ0v) is 8.16. The van der Waals surface area contributed by atoms with Gasteiger partial charge in [-0.1, -0.05) is 12.1 Å². The number of carbonyl (C=O) groups is 1. The average molecular weight is 190 g/mol. The summed E-state index contributed by atoms with van der Waals surface area (Å²) in [5, 5.41) is 0. The molecule has 14 heavy (non-hydrogen) atoms. The molecule has 0 radical (unpaired) electrons. The largest absolute Gasteiger partial charge is 0.493 e. The van der Waals surface area contributed by atoms with Crippen LogP contribution in [0.25, 0.3) is 0 Å². The highest BCUT2D eigenvalue weighted by Crippen LogP contribution is 2.25. The number of aryl methyl sites for hydroxylation is 2. The van der Waals surface area contributed by atoms with Crippen LogP contribution in [0.4, 0.5) is 0 Å². The van der Waals surface area contributed by atoms with Crippen LogP contribution in [-0.2, 0) is 17.6 Å². The van der Waals surface area contributed by atoms with E-state index >= 15 is 0 Å². The van der Waals surface area contributed by atoms with E-state index < -0.39 is 0 Å². The molecule has 0 spiro atoms. The molecule has 0 unspecified atom stereocenters. The minimum Gasteiger partial charge on any atom is -0.493 e. The summed E-state index contributed by atoms with van der Waals surface area (Å²) in [6.07, 6.45) is 4.60. The Kier molecular flexibility index (Phi) is 2.82. The fourth-order valence-electron chi connectivity index (χ4n) is 1.77. The summed E-state index contributed by atoms with van der Waals surface area (Å²) in [5.74, 6) is 1.01. The van der Waals surface area contributed by atoms with Crippen LogP contribution < -0.4 is 4.74 Å². The van der Waals surface area contributed by atoms with Gasteiger partial charge in [-0.25, -0.2) is 0 Å². The second kappa shape index (κ2) is 4.27. The Balaban J connectivity index is 2.16. The summed E-state index contributed by atoms with van der Waals surface area (Å²) in [4.78, 5) is 10.2. The van der Waals surface area contributed by atoms with Gasteiger partial charge in [0.05, 0.1) is 6.61 Å². The molecule has 0 aromatic heterocycles. The minimum absolute atomic E-state index is 0.596. The maximum atomic E-state index is 10.2. The van der Waals surface area contributed by atoms with Crippen LogP contribution in [0.5, 0.6) is 5.75 Å². The van der Waals surface area contributed by atoms with E-state index in [0.29, 0.717) is 6.42 Å². The highest BCUT2D eigenvalue weighted by Gasteiger charge is 2.09. The highest BCUT2D eigenvalue weighted by atomic mass is 16.5. The average Bonchev–Trinajstić information content (AvgIpc) is 2.26.